The lowest BCUT2D eigenvalue weighted by atomic mass is 10.2. The van der Waals surface area contributed by atoms with Gasteiger partial charge in [-0.3, -0.25) is 9.48 Å². The van der Waals surface area contributed by atoms with Gasteiger partial charge in [-0.25, -0.2) is 0 Å². The van der Waals surface area contributed by atoms with Gasteiger partial charge in [0.1, 0.15) is 0 Å². The number of carboxylic acid groups (broad SMARTS) is 1. The van der Waals surface area contributed by atoms with Gasteiger partial charge < -0.3 is 5.11 Å². The molecule has 0 spiro atoms. The minimum Gasteiger partial charge on any atom is -0.481 e. The fourth-order valence-corrected chi connectivity index (χ4v) is 1.14. The molecule has 1 N–H and O–H groups in total. The van der Waals surface area contributed by atoms with Crippen LogP contribution in [0.4, 0.5) is 0 Å². The molecule has 72 valence electrons. The van der Waals surface area contributed by atoms with E-state index >= 15 is 0 Å². The Bertz CT molecular complexity index is 294. The van der Waals surface area contributed by atoms with Crippen molar-refractivity contribution in [1.29, 1.82) is 0 Å². The maximum atomic E-state index is 10.3. The van der Waals surface area contributed by atoms with Gasteiger partial charge in [0.25, 0.3) is 0 Å². The van der Waals surface area contributed by atoms with Crippen LogP contribution in [0.5, 0.6) is 0 Å². The normalized spacial score (nSPS) is 12.8. The molecule has 13 heavy (non-hydrogen) atoms. The first-order chi connectivity index (χ1) is 6.09. The van der Waals surface area contributed by atoms with Gasteiger partial charge in [0, 0.05) is 18.7 Å². The predicted molar refractivity (Wildman–Crippen MR) is 48.5 cm³/mol. The first-order valence-electron chi connectivity index (χ1n) is 4.33. The molecular formula is C9H14N2O2. The van der Waals surface area contributed by atoms with E-state index in [1.54, 1.807) is 4.68 Å². The molecule has 0 saturated heterocycles. The largest absolute Gasteiger partial charge is 0.481 e. The molecule has 4 nitrogen and oxygen atoms in total. The standard InChI is InChI=1S/C9H14N2O2/c1-7-5-6-11(10-7)8(2)3-4-9(12)13/h5-6,8H,3-4H2,1-2H3,(H,12,13). The number of aromatic nitrogens is 2. The van der Waals surface area contributed by atoms with Gasteiger partial charge in [0.2, 0.25) is 0 Å². The average molecular weight is 182 g/mol. The second kappa shape index (κ2) is 4.07. The topological polar surface area (TPSA) is 55.1 Å². The Morgan fingerprint density at radius 1 is 1.77 bits per heavy atom. The van der Waals surface area contributed by atoms with Crippen molar-refractivity contribution in [1.82, 2.24) is 9.78 Å². The molecule has 4 heteroatoms. The number of carbonyl (C=O) groups is 1. The molecule has 1 unspecified atom stereocenters. The quantitative estimate of drug-likeness (QED) is 0.769. The number of hydrogen-bond donors (Lipinski definition) is 1. The lowest BCUT2D eigenvalue weighted by Gasteiger charge is -2.09. The van der Waals surface area contributed by atoms with Crippen molar-refractivity contribution in [2.45, 2.75) is 32.7 Å². The van der Waals surface area contributed by atoms with Crippen LogP contribution in [0.3, 0.4) is 0 Å². The summed E-state index contributed by atoms with van der Waals surface area (Å²) in [5, 5.41) is 12.7. The van der Waals surface area contributed by atoms with Crippen molar-refractivity contribution in [2.75, 3.05) is 0 Å². The SMILES string of the molecule is Cc1ccn(C(C)CCC(=O)O)n1. The minimum atomic E-state index is -0.754. The van der Waals surface area contributed by atoms with Crippen molar-refractivity contribution in [3.05, 3.63) is 18.0 Å². The number of aliphatic carboxylic acids is 1. The van der Waals surface area contributed by atoms with E-state index in [0.717, 1.165) is 5.69 Å². The van der Waals surface area contributed by atoms with Gasteiger partial charge in [0.05, 0.1) is 5.69 Å². The summed E-state index contributed by atoms with van der Waals surface area (Å²) in [6, 6.07) is 2.07. The Morgan fingerprint density at radius 2 is 2.46 bits per heavy atom. The van der Waals surface area contributed by atoms with E-state index < -0.39 is 5.97 Å². The highest BCUT2D eigenvalue weighted by Gasteiger charge is 2.07. The number of rotatable bonds is 4. The predicted octanol–water partition coefficient (Wildman–Crippen LogP) is 1.62. The maximum Gasteiger partial charge on any atom is 0.303 e. The molecule has 0 amide bonds. The van der Waals surface area contributed by atoms with E-state index in [4.69, 9.17) is 5.11 Å². The Hall–Kier alpha value is -1.32. The lowest BCUT2D eigenvalue weighted by molar-refractivity contribution is -0.137. The molecule has 0 radical (unpaired) electrons. The number of nitrogens with zero attached hydrogens (tertiary/aromatic N) is 2. The molecule has 1 aromatic heterocycles. The second-order valence-corrected chi connectivity index (χ2v) is 3.22. The third-order valence-electron chi connectivity index (χ3n) is 1.97. The second-order valence-electron chi connectivity index (χ2n) is 3.22. The van der Waals surface area contributed by atoms with Crippen molar-refractivity contribution >= 4 is 5.97 Å². The molecule has 1 heterocycles. The van der Waals surface area contributed by atoms with Gasteiger partial charge in [0.15, 0.2) is 0 Å². The summed E-state index contributed by atoms with van der Waals surface area (Å²) in [7, 11) is 0. The Morgan fingerprint density at radius 3 is 2.92 bits per heavy atom. The summed E-state index contributed by atoms with van der Waals surface area (Å²) < 4.78 is 1.80. The van der Waals surface area contributed by atoms with E-state index in [2.05, 4.69) is 5.10 Å². The van der Waals surface area contributed by atoms with Crippen LogP contribution in [-0.4, -0.2) is 20.9 Å². The lowest BCUT2D eigenvalue weighted by Crippen LogP contribution is -2.08. The maximum absolute atomic E-state index is 10.3. The highest BCUT2D eigenvalue weighted by atomic mass is 16.4. The smallest absolute Gasteiger partial charge is 0.303 e. The third kappa shape index (κ3) is 2.89. The van der Waals surface area contributed by atoms with E-state index in [9.17, 15) is 4.79 Å². The van der Waals surface area contributed by atoms with Crippen molar-refractivity contribution in [3.8, 4) is 0 Å². The highest BCUT2D eigenvalue weighted by Crippen LogP contribution is 2.11. The van der Waals surface area contributed by atoms with Gasteiger partial charge in [-0.15, -0.1) is 0 Å². The van der Waals surface area contributed by atoms with Crippen LogP contribution < -0.4 is 0 Å². The van der Waals surface area contributed by atoms with E-state index in [0.29, 0.717) is 6.42 Å². The summed E-state index contributed by atoms with van der Waals surface area (Å²) in [5.41, 5.74) is 0.960. The van der Waals surface area contributed by atoms with Crippen LogP contribution in [0.1, 0.15) is 31.5 Å². The molecular weight excluding hydrogens is 168 g/mol. The highest BCUT2D eigenvalue weighted by molar-refractivity contribution is 5.66. The minimum absolute atomic E-state index is 0.157. The number of aryl methyl sites for hydroxylation is 1. The van der Waals surface area contributed by atoms with Gasteiger partial charge >= 0.3 is 5.97 Å². The molecule has 1 atom stereocenters. The molecule has 0 aliphatic heterocycles. The zero-order valence-corrected chi connectivity index (χ0v) is 7.90. The first-order valence-corrected chi connectivity index (χ1v) is 4.33. The van der Waals surface area contributed by atoms with E-state index in [1.165, 1.54) is 0 Å². The zero-order valence-electron chi connectivity index (χ0n) is 7.90. The van der Waals surface area contributed by atoms with Crippen LogP contribution in [0, 0.1) is 6.92 Å². The fourth-order valence-electron chi connectivity index (χ4n) is 1.14. The molecule has 0 saturated carbocycles. The van der Waals surface area contributed by atoms with Crippen molar-refractivity contribution in [2.24, 2.45) is 0 Å². The number of hydrogen-bond acceptors (Lipinski definition) is 2. The summed E-state index contributed by atoms with van der Waals surface area (Å²) in [5.74, 6) is -0.754. The van der Waals surface area contributed by atoms with E-state index in [-0.39, 0.29) is 12.5 Å². The van der Waals surface area contributed by atoms with Crippen LogP contribution in [0.2, 0.25) is 0 Å². The summed E-state index contributed by atoms with van der Waals surface area (Å²) in [6.45, 7) is 3.88. The van der Waals surface area contributed by atoms with E-state index in [1.807, 2.05) is 26.1 Å². The molecule has 0 aliphatic carbocycles. The van der Waals surface area contributed by atoms with Crippen LogP contribution in [0.15, 0.2) is 12.3 Å². The average Bonchev–Trinajstić information content (AvgIpc) is 2.47. The molecule has 0 aliphatic rings. The van der Waals surface area contributed by atoms with Crippen molar-refractivity contribution < 1.29 is 9.90 Å². The van der Waals surface area contributed by atoms with Gasteiger partial charge in [-0.1, -0.05) is 0 Å². The monoisotopic (exact) mass is 182 g/mol. The Kier molecular flexibility index (Phi) is 3.06. The first kappa shape index (κ1) is 9.77. The molecule has 0 fully saturated rings. The Labute approximate surface area is 77.2 Å². The number of carboxylic acids is 1. The molecule has 0 bridgehead atoms. The van der Waals surface area contributed by atoms with Gasteiger partial charge in [-0.2, -0.15) is 5.10 Å². The van der Waals surface area contributed by atoms with Crippen LogP contribution >= 0.6 is 0 Å². The Balaban J connectivity index is 2.48. The van der Waals surface area contributed by atoms with Crippen molar-refractivity contribution in [3.63, 3.8) is 0 Å². The zero-order chi connectivity index (χ0) is 9.84. The van der Waals surface area contributed by atoms with Crippen LogP contribution in [0.25, 0.3) is 0 Å². The van der Waals surface area contributed by atoms with Gasteiger partial charge in [-0.05, 0) is 26.3 Å². The molecule has 1 aromatic rings. The summed E-state index contributed by atoms with van der Waals surface area (Å²) in [4.78, 5) is 10.3. The van der Waals surface area contributed by atoms with Crippen LogP contribution in [-0.2, 0) is 4.79 Å². The fraction of sp³-hybridized carbons (Fsp3) is 0.556. The summed E-state index contributed by atoms with van der Waals surface area (Å²) >= 11 is 0. The molecule has 1 rings (SSSR count). The molecule has 0 aromatic carbocycles. The summed E-state index contributed by atoms with van der Waals surface area (Å²) in [6.07, 6.45) is 2.69. The third-order valence-corrected chi connectivity index (χ3v) is 1.97.